The second-order valence-electron chi connectivity index (χ2n) is 4.45. The SMILES string of the molecule is C=CC(=O)N(Cc1ccc(OC)cc1)c1ccc(Cl)cc1. The molecule has 4 heteroatoms. The second-order valence-corrected chi connectivity index (χ2v) is 4.89. The highest BCUT2D eigenvalue weighted by atomic mass is 35.5. The molecule has 1 amide bonds. The number of benzene rings is 2. The van der Waals surface area contributed by atoms with E-state index < -0.39 is 0 Å². The molecule has 0 aliphatic heterocycles. The molecule has 0 atom stereocenters. The number of anilines is 1. The van der Waals surface area contributed by atoms with Crippen LogP contribution < -0.4 is 9.64 Å². The van der Waals surface area contributed by atoms with Crippen molar-refractivity contribution in [1.82, 2.24) is 0 Å². The van der Waals surface area contributed by atoms with Gasteiger partial charge in [-0.15, -0.1) is 0 Å². The van der Waals surface area contributed by atoms with Crippen LogP contribution in [0.1, 0.15) is 5.56 Å². The summed E-state index contributed by atoms with van der Waals surface area (Å²) >= 11 is 5.89. The first-order valence-corrected chi connectivity index (χ1v) is 6.84. The first kappa shape index (κ1) is 15.1. The molecule has 0 spiro atoms. The molecule has 0 aromatic heterocycles. The second kappa shape index (κ2) is 6.95. The number of rotatable bonds is 5. The van der Waals surface area contributed by atoms with Gasteiger partial charge < -0.3 is 9.64 Å². The molecule has 2 rings (SSSR count). The van der Waals surface area contributed by atoms with Gasteiger partial charge in [0.1, 0.15) is 5.75 Å². The van der Waals surface area contributed by atoms with Crippen LogP contribution in [-0.2, 0) is 11.3 Å². The Morgan fingerprint density at radius 1 is 1.19 bits per heavy atom. The number of methoxy groups -OCH3 is 1. The van der Waals surface area contributed by atoms with E-state index in [0.29, 0.717) is 11.6 Å². The van der Waals surface area contributed by atoms with E-state index in [4.69, 9.17) is 16.3 Å². The molecule has 21 heavy (non-hydrogen) atoms. The van der Waals surface area contributed by atoms with Crippen molar-refractivity contribution in [3.63, 3.8) is 0 Å². The molecule has 0 aliphatic rings. The third kappa shape index (κ3) is 3.86. The maximum Gasteiger partial charge on any atom is 0.250 e. The maximum absolute atomic E-state index is 12.1. The van der Waals surface area contributed by atoms with E-state index >= 15 is 0 Å². The topological polar surface area (TPSA) is 29.5 Å². The third-order valence-corrected chi connectivity index (χ3v) is 3.33. The molecule has 0 radical (unpaired) electrons. The number of hydrogen-bond donors (Lipinski definition) is 0. The number of ether oxygens (including phenoxy) is 1. The summed E-state index contributed by atoms with van der Waals surface area (Å²) in [5.41, 5.74) is 1.78. The van der Waals surface area contributed by atoms with Crippen LogP contribution in [0.5, 0.6) is 5.75 Å². The number of nitrogens with zero attached hydrogens (tertiary/aromatic N) is 1. The molecule has 0 heterocycles. The highest BCUT2D eigenvalue weighted by molar-refractivity contribution is 6.30. The van der Waals surface area contributed by atoms with Crippen LogP contribution in [0, 0.1) is 0 Å². The van der Waals surface area contributed by atoms with Crippen molar-refractivity contribution in [3.8, 4) is 5.75 Å². The number of halogens is 1. The Hall–Kier alpha value is -2.26. The van der Waals surface area contributed by atoms with Crippen LogP contribution in [0.3, 0.4) is 0 Å². The minimum absolute atomic E-state index is 0.159. The predicted molar refractivity (Wildman–Crippen MR) is 85.8 cm³/mol. The van der Waals surface area contributed by atoms with Gasteiger partial charge in [-0.2, -0.15) is 0 Å². The van der Waals surface area contributed by atoms with Crippen LogP contribution in [0.4, 0.5) is 5.69 Å². The van der Waals surface area contributed by atoms with Crippen LogP contribution in [0.25, 0.3) is 0 Å². The molecule has 108 valence electrons. The fraction of sp³-hybridized carbons (Fsp3) is 0.118. The molecule has 0 fully saturated rings. The van der Waals surface area contributed by atoms with E-state index in [1.165, 1.54) is 6.08 Å². The Bertz CT molecular complexity index is 620. The van der Waals surface area contributed by atoms with Crippen LogP contribution in [-0.4, -0.2) is 13.0 Å². The van der Waals surface area contributed by atoms with Gasteiger partial charge in [-0.1, -0.05) is 30.3 Å². The summed E-state index contributed by atoms with van der Waals surface area (Å²) in [4.78, 5) is 13.7. The summed E-state index contributed by atoms with van der Waals surface area (Å²) in [6.45, 7) is 4.01. The predicted octanol–water partition coefficient (Wildman–Crippen LogP) is 4.07. The molecule has 2 aromatic carbocycles. The van der Waals surface area contributed by atoms with Crippen molar-refractivity contribution in [2.24, 2.45) is 0 Å². The Kier molecular flexibility index (Phi) is 5.01. The average molecular weight is 302 g/mol. The summed E-state index contributed by atoms with van der Waals surface area (Å²) in [5, 5.41) is 0.634. The summed E-state index contributed by atoms with van der Waals surface area (Å²) < 4.78 is 5.13. The normalized spacial score (nSPS) is 10.0. The number of hydrogen-bond acceptors (Lipinski definition) is 2. The molecule has 0 unspecified atom stereocenters. The lowest BCUT2D eigenvalue weighted by Gasteiger charge is -2.21. The van der Waals surface area contributed by atoms with E-state index in [1.807, 2.05) is 36.4 Å². The van der Waals surface area contributed by atoms with Gasteiger partial charge >= 0.3 is 0 Å². The third-order valence-electron chi connectivity index (χ3n) is 3.08. The van der Waals surface area contributed by atoms with Crippen molar-refractivity contribution in [3.05, 3.63) is 71.8 Å². The molecular formula is C17H16ClNO2. The average Bonchev–Trinajstić information content (AvgIpc) is 2.53. The van der Waals surface area contributed by atoms with Gasteiger partial charge in [-0.3, -0.25) is 4.79 Å². The Labute approximate surface area is 129 Å². The fourth-order valence-corrected chi connectivity index (χ4v) is 2.07. The van der Waals surface area contributed by atoms with Gasteiger partial charge in [0.15, 0.2) is 0 Å². The Balaban J connectivity index is 2.25. The standard InChI is InChI=1S/C17H16ClNO2/c1-3-17(20)19(15-8-6-14(18)7-9-15)12-13-4-10-16(21-2)11-5-13/h3-11H,1,12H2,2H3. The molecular weight excluding hydrogens is 286 g/mol. The summed E-state index contributed by atoms with van der Waals surface area (Å²) in [6, 6.07) is 14.7. The number of carbonyl (C=O) groups is 1. The van der Waals surface area contributed by atoms with Gasteiger partial charge in [0.2, 0.25) is 0 Å². The lowest BCUT2D eigenvalue weighted by molar-refractivity contribution is -0.114. The van der Waals surface area contributed by atoms with Crippen LogP contribution >= 0.6 is 11.6 Å². The van der Waals surface area contributed by atoms with E-state index in [0.717, 1.165) is 17.0 Å². The van der Waals surface area contributed by atoms with E-state index in [9.17, 15) is 4.79 Å². The van der Waals surface area contributed by atoms with Crippen molar-refractivity contribution in [1.29, 1.82) is 0 Å². The number of amides is 1. The minimum atomic E-state index is -0.159. The van der Waals surface area contributed by atoms with Crippen molar-refractivity contribution >= 4 is 23.2 Å². The van der Waals surface area contributed by atoms with E-state index in [2.05, 4.69) is 6.58 Å². The molecule has 0 aliphatic carbocycles. The summed E-state index contributed by atoms with van der Waals surface area (Å²) in [5.74, 6) is 0.625. The van der Waals surface area contributed by atoms with Crippen molar-refractivity contribution in [2.45, 2.75) is 6.54 Å². The lowest BCUT2D eigenvalue weighted by Crippen LogP contribution is -2.28. The summed E-state index contributed by atoms with van der Waals surface area (Å²) in [6.07, 6.45) is 1.30. The highest BCUT2D eigenvalue weighted by Crippen LogP contribution is 2.21. The van der Waals surface area contributed by atoms with E-state index in [-0.39, 0.29) is 5.91 Å². The quantitative estimate of drug-likeness (QED) is 0.779. The molecule has 2 aromatic rings. The Morgan fingerprint density at radius 3 is 2.33 bits per heavy atom. The molecule has 0 N–H and O–H groups in total. The lowest BCUT2D eigenvalue weighted by atomic mass is 10.2. The fourth-order valence-electron chi connectivity index (χ4n) is 1.94. The van der Waals surface area contributed by atoms with E-state index in [1.54, 1.807) is 24.1 Å². The monoisotopic (exact) mass is 301 g/mol. The number of carbonyl (C=O) groups excluding carboxylic acids is 1. The minimum Gasteiger partial charge on any atom is -0.497 e. The zero-order chi connectivity index (χ0) is 15.2. The molecule has 0 bridgehead atoms. The smallest absolute Gasteiger partial charge is 0.250 e. The molecule has 0 saturated heterocycles. The molecule has 3 nitrogen and oxygen atoms in total. The Morgan fingerprint density at radius 2 is 1.81 bits per heavy atom. The summed E-state index contributed by atoms with van der Waals surface area (Å²) in [7, 11) is 1.62. The van der Waals surface area contributed by atoms with Crippen molar-refractivity contribution < 1.29 is 9.53 Å². The van der Waals surface area contributed by atoms with Crippen LogP contribution in [0.2, 0.25) is 5.02 Å². The maximum atomic E-state index is 12.1. The van der Waals surface area contributed by atoms with Gasteiger partial charge in [0, 0.05) is 10.7 Å². The van der Waals surface area contributed by atoms with Gasteiger partial charge in [0.25, 0.3) is 5.91 Å². The zero-order valence-corrected chi connectivity index (χ0v) is 12.5. The van der Waals surface area contributed by atoms with Crippen LogP contribution in [0.15, 0.2) is 61.2 Å². The first-order chi connectivity index (χ1) is 10.1. The highest BCUT2D eigenvalue weighted by Gasteiger charge is 2.13. The van der Waals surface area contributed by atoms with Gasteiger partial charge in [-0.05, 0) is 48.0 Å². The van der Waals surface area contributed by atoms with Gasteiger partial charge in [0.05, 0.1) is 13.7 Å². The molecule has 0 saturated carbocycles. The zero-order valence-electron chi connectivity index (χ0n) is 11.8. The largest absolute Gasteiger partial charge is 0.497 e. The first-order valence-electron chi connectivity index (χ1n) is 6.46. The van der Waals surface area contributed by atoms with Gasteiger partial charge in [-0.25, -0.2) is 0 Å². The van der Waals surface area contributed by atoms with Crippen molar-refractivity contribution in [2.75, 3.05) is 12.0 Å².